The Bertz CT molecular complexity index is 460. The van der Waals surface area contributed by atoms with Crippen LogP contribution in [0.3, 0.4) is 0 Å². The minimum absolute atomic E-state index is 0. The number of piperazine rings is 1. The first-order valence-electron chi connectivity index (χ1n) is 7.21. The van der Waals surface area contributed by atoms with E-state index in [1.165, 1.54) is 7.11 Å². The average Bonchev–Trinajstić information content (AvgIpc) is 2.39. The summed E-state index contributed by atoms with van der Waals surface area (Å²) in [6.07, 6.45) is 0. The fourth-order valence-corrected chi connectivity index (χ4v) is 3.05. The van der Waals surface area contributed by atoms with Crippen molar-refractivity contribution in [1.29, 1.82) is 0 Å². The van der Waals surface area contributed by atoms with Gasteiger partial charge in [0.05, 0.1) is 7.11 Å². The molecule has 1 atom stereocenters. The molecule has 0 bridgehead atoms. The highest BCUT2D eigenvalue weighted by Gasteiger charge is 2.32. The Labute approximate surface area is 145 Å². The summed E-state index contributed by atoms with van der Waals surface area (Å²) in [6.45, 7) is 10.6. The normalized spacial score (nSPS) is 17.1. The fraction of sp³-hybridized carbons (Fsp3) is 0.625. The predicted molar refractivity (Wildman–Crippen MR) is 94.1 cm³/mol. The minimum Gasteiger partial charge on any atom is -0.494 e. The summed E-state index contributed by atoms with van der Waals surface area (Å²) in [6, 6.07) is 5.55. The van der Waals surface area contributed by atoms with Crippen LogP contribution in [0.5, 0.6) is 5.75 Å². The lowest BCUT2D eigenvalue weighted by molar-refractivity contribution is 0.0859. The number of methoxy groups -OCH3 is 1. The van der Waals surface area contributed by atoms with Crippen molar-refractivity contribution in [3.63, 3.8) is 0 Å². The standard InChI is InChI=1S/C16H25FN2O.2ClH/c1-16(2,3)15(19-9-7-18-8-10-19)12-5-6-14(20-4)13(17)11-12;;/h5-6,11,15,18H,7-10H2,1-4H3;2*1H/t15-;;/m1../s1. The van der Waals surface area contributed by atoms with Crippen molar-refractivity contribution in [2.45, 2.75) is 26.8 Å². The Balaban J connectivity index is 0.00000220. The van der Waals surface area contributed by atoms with Gasteiger partial charge in [-0.25, -0.2) is 4.39 Å². The Morgan fingerprint density at radius 1 is 1.18 bits per heavy atom. The molecule has 0 saturated carbocycles. The van der Waals surface area contributed by atoms with Crippen LogP contribution < -0.4 is 10.1 Å². The Morgan fingerprint density at radius 3 is 2.23 bits per heavy atom. The predicted octanol–water partition coefficient (Wildman–Crippen LogP) is 3.67. The third kappa shape index (κ3) is 4.98. The highest BCUT2D eigenvalue weighted by molar-refractivity contribution is 5.85. The molecule has 128 valence electrons. The number of benzene rings is 1. The molecule has 0 radical (unpaired) electrons. The lowest BCUT2D eigenvalue weighted by atomic mass is 9.81. The Morgan fingerprint density at radius 2 is 1.77 bits per heavy atom. The fourth-order valence-electron chi connectivity index (χ4n) is 3.05. The summed E-state index contributed by atoms with van der Waals surface area (Å²) in [7, 11) is 1.50. The van der Waals surface area contributed by atoms with E-state index in [0.29, 0.717) is 5.75 Å². The average molecular weight is 353 g/mol. The van der Waals surface area contributed by atoms with Crippen molar-refractivity contribution in [3.8, 4) is 5.75 Å². The molecule has 1 heterocycles. The van der Waals surface area contributed by atoms with E-state index in [-0.39, 0.29) is 42.1 Å². The van der Waals surface area contributed by atoms with Crippen LogP contribution in [-0.4, -0.2) is 38.2 Å². The lowest BCUT2D eigenvalue weighted by Crippen LogP contribution is -2.48. The molecule has 1 aliphatic heterocycles. The zero-order valence-electron chi connectivity index (χ0n) is 13.7. The molecule has 3 nitrogen and oxygen atoms in total. The molecular formula is C16H27Cl2FN2O. The second-order valence-electron chi connectivity index (χ2n) is 6.45. The second-order valence-corrected chi connectivity index (χ2v) is 6.45. The van der Waals surface area contributed by atoms with Crippen LogP contribution in [0.25, 0.3) is 0 Å². The van der Waals surface area contributed by atoms with Crippen molar-refractivity contribution in [2.24, 2.45) is 5.41 Å². The first-order chi connectivity index (χ1) is 9.43. The Kier molecular flexibility index (Phi) is 8.70. The minimum atomic E-state index is -0.283. The van der Waals surface area contributed by atoms with Gasteiger partial charge in [-0.15, -0.1) is 24.8 Å². The first kappa shape index (κ1) is 21.4. The summed E-state index contributed by atoms with van der Waals surface area (Å²) in [5, 5.41) is 3.37. The number of ether oxygens (including phenoxy) is 1. The van der Waals surface area contributed by atoms with E-state index in [2.05, 4.69) is 31.0 Å². The van der Waals surface area contributed by atoms with Crippen molar-refractivity contribution >= 4 is 24.8 Å². The molecular weight excluding hydrogens is 326 g/mol. The van der Waals surface area contributed by atoms with Gasteiger partial charge in [0.25, 0.3) is 0 Å². The molecule has 1 N–H and O–H groups in total. The van der Waals surface area contributed by atoms with E-state index in [9.17, 15) is 4.39 Å². The van der Waals surface area contributed by atoms with E-state index in [1.807, 2.05) is 6.07 Å². The maximum absolute atomic E-state index is 14.0. The van der Waals surface area contributed by atoms with E-state index < -0.39 is 0 Å². The van der Waals surface area contributed by atoms with Gasteiger partial charge in [-0.1, -0.05) is 26.8 Å². The second kappa shape index (κ2) is 8.92. The van der Waals surface area contributed by atoms with Gasteiger partial charge in [0.2, 0.25) is 0 Å². The zero-order valence-corrected chi connectivity index (χ0v) is 15.3. The largest absolute Gasteiger partial charge is 0.494 e. The van der Waals surface area contributed by atoms with Crippen molar-refractivity contribution in [2.75, 3.05) is 33.3 Å². The third-order valence-electron chi connectivity index (χ3n) is 3.83. The molecule has 6 heteroatoms. The SMILES string of the molecule is COc1ccc([C@@H](N2CCNCC2)C(C)(C)C)cc1F.Cl.Cl. The van der Waals surface area contributed by atoms with Crippen LogP contribution in [0.4, 0.5) is 4.39 Å². The van der Waals surface area contributed by atoms with Crippen molar-refractivity contribution in [1.82, 2.24) is 10.2 Å². The molecule has 0 aromatic heterocycles. The van der Waals surface area contributed by atoms with Crippen LogP contribution in [0.15, 0.2) is 18.2 Å². The lowest BCUT2D eigenvalue weighted by Gasteiger charge is -2.42. The highest BCUT2D eigenvalue weighted by Crippen LogP contribution is 2.39. The molecule has 0 amide bonds. The van der Waals surface area contributed by atoms with Gasteiger partial charge in [-0.2, -0.15) is 0 Å². The maximum atomic E-state index is 14.0. The van der Waals surface area contributed by atoms with Gasteiger partial charge >= 0.3 is 0 Å². The molecule has 0 spiro atoms. The highest BCUT2D eigenvalue weighted by atomic mass is 35.5. The zero-order chi connectivity index (χ0) is 14.8. The van der Waals surface area contributed by atoms with E-state index in [1.54, 1.807) is 12.1 Å². The first-order valence-corrected chi connectivity index (χ1v) is 7.21. The van der Waals surface area contributed by atoms with Gasteiger partial charge < -0.3 is 10.1 Å². The molecule has 0 aliphatic carbocycles. The summed E-state index contributed by atoms with van der Waals surface area (Å²) >= 11 is 0. The number of hydrogen-bond donors (Lipinski definition) is 1. The van der Waals surface area contributed by atoms with Crippen LogP contribution in [0, 0.1) is 11.2 Å². The van der Waals surface area contributed by atoms with E-state index in [4.69, 9.17) is 4.74 Å². The summed E-state index contributed by atoms with van der Waals surface area (Å²) in [5.41, 5.74) is 1.08. The molecule has 22 heavy (non-hydrogen) atoms. The number of nitrogens with zero attached hydrogens (tertiary/aromatic N) is 1. The molecule has 1 aromatic rings. The van der Waals surface area contributed by atoms with Gasteiger partial charge in [0, 0.05) is 32.2 Å². The molecule has 1 saturated heterocycles. The topological polar surface area (TPSA) is 24.5 Å². The van der Waals surface area contributed by atoms with Gasteiger partial charge in [0.15, 0.2) is 11.6 Å². The molecule has 2 rings (SSSR count). The Hall–Kier alpha value is -0.550. The third-order valence-corrected chi connectivity index (χ3v) is 3.83. The van der Waals surface area contributed by atoms with Crippen LogP contribution >= 0.6 is 24.8 Å². The van der Waals surface area contributed by atoms with E-state index >= 15 is 0 Å². The van der Waals surface area contributed by atoms with Crippen molar-refractivity contribution in [3.05, 3.63) is 29.6 Å². The number of halogens is 3. The van der Waals surface area contributed by atoms with Crippen LogP contribution in [0.1, 0.15) is 32.4 Å². The maximum Gasteiger partial charge on any atom is 0.165 e. The molecule has 0 unspecified atom stereocenters. The quantitative estimate of drug-likeness (QED) is 0.897. The molecule has 1 aliphatic rings. The van der Waals surface area contributed by atoms with Crippen LogP contribution in [0.2, 0.25) is 0 Å². The number of rotatable bonds is 3. The molecule has 1 fully saturated rings. The summed E-state index contributed by atoms with van der Waals surface area (Å²) < 4.78 is 19.0. The van der Waals surface area contributed by atoms with Crippen LogP contribution in [-0.2, 0) is 0 Å². The monoisotopic (exact) mass is 352 g/mol. The molecule has 1 aromatic carbocycles. The summed E-state index contributed by atoms with van der Waals surface area (Å²) in [4.78, 5) is 2.44. The smallest absolute Gasteiger partial charge is 0.165 e. The van der Waals surface area contributed by atoms with Gasteiger partial charge in [-0.05, 0) is 23.1 Å². The van der Waals surface area contributed by atoms with Gasteiger partial charge in [-0.3, -0.25) is 4.90 Å². The number of hydrogen-bond acceptors (Lipinski definition) is 3. The van der Waals surface area contributed by atoms with Crippen molar-refractivity contribution < 1.29 is 9.13 Å². The number of nitrogens with one attached hydrogen (secondary N) is 1. The summed E-state index contributed by atoms with van der Waals surface area (Å²) in [5.74, 6) is 0.0242. The van der Waals surface area contributed by atoms with E-state index in [0.717, 1.165) is 31.7 Å². The van der Waals surface area contributed by atoms with Gasteiger partial charge in [0.1, 0.15) is 0 Å².